The molecule has 0 saturated carbocycles. The van der Waals surface area contributed by atoms with E-state index in [-0.39, 0.29) is 11.8 Å². The first-order valence-corrected chi connectivity index (χ1v) is 7.58. The van der Waals surface area contributed by atoms with Crippen LogP contribution in [0.15, 0.2) is 24.3 Å². The number of carbonyl (C=O) groups excluding carboxylic acids is 1. The molecule has 1 aliphatic rings. The number of ether oxygens (including phenoxy) is 3. The summed E-state index contributed by atoms with van der Waals surface area (Å²) >= 11 is 0. The Hall–Kier alpha value is -1.79. The molecule has 1 aliphatic heterocycles. The van der Waals surface area contributed by atoms with Crippen LogP contribution in [0.25, 0.3) is 0 Å². The topological polar surface area (TPSA) is 82.8 Å². The van der Waals surface area contributed by atoms with Gasteiger partial charge in [-0.1, -0.05) is 0 Å². The molecule has 22 heavy (non-hydrogen) atoms. The van der Waals surface area contributed by atoms with E-state index in [0.717, 1.165) is 24.3 Å². The Balaban J connectivity index is 1.65. The Kier molecular flexibility index (Phi) is 6.48. The van der Waals surface area contributed by atoms with Gasteiger partial charge < -0.3 is 25.3 Å². The molecule has 1 atom stereocenters. The first kappa shape index (κ1) is 16.6. The molecule has 0 aromatic heterocycles. The smallest absolute Gasteiger partial charge is 0.237 e. The van der Waals surface area contributed by atoms with E-state index in [0.29, 0.717) is 26.4 Å². The minimum atomic E-state index is -0.468. The summed E-state index contributed by atoms with van der Waals surface area (Å²) < 4.78 is 15.9. The van der Waals surface area contributed by atoms with E-state index in [1.165, 1.54) is 0 Å². The normalized spacial score (nSPS) is 16.8. The molecular formula is C16H24N2O4. The average molecular weight is 308 g/mol. The second kappa shape index (κ2) is 8.60. The molecular weight excluding hydrogens is 284 g/mol. The zero-order valence-corrected chi connectivity index (χ0v) is 12.9. The van der Waals surface area contributed by atoms with Crippen LogP contribution in [0, 0.1) is 5.92 Å². The quantitative estimate of drug-likeness (QED) is 0.733. The third-order valence-electron chi connectivity index (χ3n) is 3.81. The van der Waals surface area contributed by atoms with Gasteiger partial charge in [0.2, 0.25) is 5.91 Å². The van der Waals surface area contributed by atoms with Crippen LogP contribution < -0.4 is 20.5 Å². The zero-order chi connectivity index (χ0) is 15.8. The van der Waals surface area contributed by atoms with Gasteiger partial charge in [-0.25, -0.2) is 0 Å². The van der Waals surface area contributed by atoms with E-state index in [1.54, 1.807) is 7.11 Å². The van der Waals surface area contributed by atoms with Gasteiger partial charge in [-0.05, 0) is 43.0 Å². The first-order valence-electron chi connectivity index (χ1n) is 7.58. The van der Waals surface area contributed by atoms with Crippen molar-refractivity contribution in [3.8, 4) is 11.5 Å². The molecule has 1 unspecified atom stereocenters. The molecule has 1 amide bonds. The standard InChI is InChI=1S/C16H24N2O4/c1-20-13-2-4-14(5-3-13)22-11-8-18-16(19)15(17)12-6-9-21-10-7-12/h2-5,12,15H,6-11,17H2,1H3,(H,18,19). The maximum absolute atomic E-state index is 12.0. The molecule has 1 aromatic rings. The van der Waals surface area contributed by atoms with Crippen molar-refractivity contribution in [1.29, 1.82) is 0 Å². The lowest BCUT2D eigenvalue weighted by Gasteiger charge is -2.26. The van der Waals surface area contributed by atoms with Crippen molar-refractivity contribution < 1.29 is 19.0 Å². The van der Waals surface area contributed by atoms with E-state index in [4.69, 9.17) is 19.9 Å². The summed E-state index contributed by atoms with van der Waals surface area (Å²) in [5.41, 5.74) is 5.99. The van der Waals surface area contributed by atoms with Crippen LogP contribution in [0.2, 0.25) is 0 Å². The molecule has 1 fully saturated rings. The lowest BCUT2D eigenvalue weighted by atomic mass is 9.92. The lowest BCUT2D eigenvalue weighted by Crippen LogP contribution is -2.47. The van der Waals surface area contributed by atoms with Crippen molar-refractivity contribution in [1.82, 2.24) is 5.32 Å². The number of benzene rings is 1. The Morgan fingerprint density at radius 2 is 1.95 bits per heavy atom. The van der Waals surface area contributed by atoms with Crippen molar-refractivity contribution in [2.24, 2.45) is 11.7 Å². The molecule has 0 aliphatic carbocycles. The van der Waals surface area contributed by atoms with E-state index >= 15 is 0 Å². The number of hydrogen-bond donors (Lipinski definition) is 2. The van der Waals surface area contributed by atoms with Gasteiger partial charge in [-0.2, -0.15) is 0 Å². The molecule has 0 radical (unpaired) electrons. The molecule has 0 bridgehead atoms. The maximum atomic E-state index is 12.0. The fourth-order valence-electron chi connectivity index (χ4n) is 2.42. The van der Waals surface area contributed by atoms with Gasteiger partial charge >= 0.3 is 0 Å². The summed E-state index contributed by atoms with van der Waals surface area (Å²) in [7, 11) is 1.62. The highest BCUT2D eigenvalue weighted by Crippen LogP contribution is 2.18. The summed E-state index contributed by atoms with van der Waals surface area (Å²) in [6.07, 6.45) is 1.69. The van der Waals surface area contributed by atoms with Gasteiger partial charge in [-0.3, -0.25) is 4.79 Å². The number of nitrogens with one attached hydrogen (secondary N) is 1. The second-order valence-corrected chi connectivity index (χ2v) is 5.29. The van der Waals surface area contributed by atoms with Crippen LogP contribution in [0.1, 0.15) is 12.8 Å². The van der Waals surface area contributed by atoms with E-state index in [9.17, 15) is 4.79 Å². The number of hydrogen-bond acceptors (Lipinski definition) is 5. The number of methoxy groups -OCH3 is 1. The third kappa shape index (κ3) is 4.89. The summed E-state index contributed by atoms with van der Waals surface area (Å²) in [5, 5.41) is 2.82. The highest BCUT2D eigenvalue weighted by atomic mass is 16.5. The molecule has 1 heterocycles. The number of carbonyl (C=O) groups is 1. The summed E-state index contributed by atoms with van der Waals surface area (Å²) in [5.74, 6) is 1.60. The Labute approximate surface area is 130 Å². The van der Waals surface area contributed by atoms with Crippen molar-refractivity contribution in [2.75, 3.05) is 33.5 Å². The fraction of sp³-hybridized carbons (Fsp3) is 0.562. The van der Waals surface area contributed by atoms with E-state index in [1.807, 2.05) is 24.3 Å². The second-order valence-electron chi connectivity index (χ2n) is 5.29. The van der Waals surface area contributed by atoms with Crippen LogP contribution in [-0.4, -0.2) is 45.4 Å². The van der Waals surface area contributed by atoms with Crippen molar-refractivity contribution >= 4 is 5.91 Å². The largest absolute Gasteiger partial charge is 0.497 e. The van der Waals surface area contributed by atoms with Gasteiger partial charge in [0.1, 0.15) is 18.1 Å². The maximum Gasteiger partial charge on any atom is 0.237 e. The molecule has 2 rings (SSSR count). The summed E-state index contributed by atoms with van der Waals surface area (Å²) in [4.78, 5) is 12.0. The minimum Gasteiger partial charge on any atom is -0.497 e. The molecule has 1 aromatic carbocycles. The lowest BCUT2D eigenvalue weighted by molar-refractivity contribution is -0.124. The third-order valence-corrected chi connectivity index (χ3v) is 3.81. The van der Waals surface area contributed by atoms with Gasteiger partial charge in [0, 0.05) is 13.2 Å². The molecule has 0 spiro atoms. The predicted octanol–water partition coefficient (Wildman–Crippen LogP) is 0.944. The highest BCUT2D eigenvalue weighted by Gasteiger charge is 2.26. The number of amides is 1. The van der Waals surface area contributed by atoms with Crippen molar-refractivity contribution in [2.45, 2.75) is 18.9 Å². The summed E-state index contributed by atoms with van der Waals surface area (Å²) in [6.45, 7) is 2.21. The van der Waals surface area contributed by atoms with Gasteiger partial charge in [0.05, 0.1) is 19.7 Å². The minimum absolute atomic E-state index is 0.120. The number of nitrogens with two attached hydrogens (primary N) is 1. The predicted molar refractivity (Wildman–Crippen MR) is 83.0 cm³/mol. The average Bonchev–Trinajstić information content (AvgIpc) is 2.59. The van der Waals surface area contributed by atoms with E-state index < -0.39 is 6.04 Å². The monoisotopic (exact) mass is 308 g/mol. The van der Waals surface area contributed by atoms with E-state index in [2.05, 4.69) is 5.32 Å². The molecule has 6 nitrogen and oxygen atoms in total. The van der Waals surface area contributed by atoms with Crippen LogP contribution in [0.3, 0.4) is 0 Å². The molecule has 6 heteroatoms. The first-order chi connectivity index (χ1) is 10.7. The van der Waals surface area contributed by atoms with Gasteiger partial charge in [0.25, 0.3) is 0 Å². The highest BCUT2D eigenvalue weighted by molar-refractivity contribution is 5.81. The summed E-state index contributed by atoms with van der Waals surface area (Å²) in [6, 6.07) is 6.84. The van der Waals surface area contributed by atoms with Crippen molar-refractivity contribution in [3.05, 3.63) is 24.3 Å². The Morgan fingerprint density at radius 3 is 2.59 bits per heavy atom. The molecule has 122 valence electrons. The van der Waals surface area contributed by atoms with Crippen LogP contribution >= 0.6 is 0 Å². The Bertz CT molecular complexity index is 458. The van der Waals surface area contributed by atoms with Crippen molar-refractivity contribution in [3.63, 3.8) is 0 Å². The van der Waals surface area contributed by atoms with Crippen LogP contribution in [0.4, 0.5) is 0 Å². The van der Waals surface area contributed by atoms with Gasteiger partial charge in [-0.15, -0.1) is 0 Å². The van der Waals surface area contributed by atoms with Crippen LogP contribution in [-0.2, 0) is 9.53 Å². The molecule has 1 saturated heterocycles. The fourth-order valence-corrected chi connectivity index (χ4v) is 2.42. The number of rotatable bonds is 7. The zero-order valence-electron chi connectivity index (χ0n) is 12.9. The van der Waals surface area contributed by atoms with Crippen LogP contribution in [0.5, 0.6) is 11.5 Å². The SMILES string of the molecule is COc1ccc(OCCNC(=O)C(N)C2CCOCC2)cc1. The van der Waals surface area contributed by atoms with Gasteiger partial charge in [0.15, 0.2) is 0 Å². The Morgan fingerprint density at radius 1 is 1.32 bits per heavy atom. The molecule has 3 N–H and O–H groups in total.